The molecule has 0 radical (unpaired) electrons. The lowest BCUT2D eigenvalue weighted by Gasteiger charge is -2.34. The highest BCUT2D eigenvalue weighted by molar-refractivity contribution is 7.89. The Morgan fingerprint density at radius 3 is 2.11 bits per heavy atom. The zero-order chi connectivity index (χ0) is 42.1. The lowest BCUT2D eigenvalue weighted by Crippen LogP contribution is -2.42. The third kappa shape index (κ3) is 11.7. The smallest absolute Gasteiger partial charge is 0.336 e. The molecule has 16 heteroatoms. The van der Waals surface area contributed by atoms with Gasteiger partial charge in [0.2, 0.25) is 10.0 Å². The van der Waals surface area contributed by atoms with Crippen LogP contribution in [0.2, 0.25) is 10.0 Å². The topological polar surface area (TPSA) is 202 Å². The fourth-order valence-electron chi connectivity index (χ4n) is 7.09. The van der Waals surface area contributed by atoms with E-state index in [1.165, 1.54) is 7.05 Å². The molecule has 5 rings (SSSR count). The Bertz CT molecular complexity index is 2190. The molecule has 1 amide bonds. The van der Waals surface area contributed by atoms with Crippen LogP contribution in [0.1, 0.15) is 71.0 Å². The van der Waals surface area contributed by atoms with Crippen molar-refractivity contribution in [2.75, 3.05) is 40.3 Å². The molecule has 57 heavy (non-hydrogen) atoms. The second-order valence-corrected chi connectivity index (χ2v) is 16.8. The van der Waals surface area contributed by atoms with Gasteiger partial charge in [-0.15, -0.1) is 0 Å². The number of likely N-dealkylation sites (N-methyl/N-ethyl adjacent to an activating group) is 1. The Hall–Kier alpha value is -4.57. The predicted molar refractivity (Wildman–Crippen MR) is 218 cm³/mol. The second kappa shape index (κ2) is 19.7. The van der Waals surface area contributed by atoms with Gasteiger partial charge in [0.05, 0.1) is 33.3 Å². The van der Waals surface area contributed by atoms with Gasteiger partial charge in [0.15, 0.2) is 5.60 Å². The Balaban J connectivity index is 0.000000476. The highest BCUT2D eigenvalue weighted by Crippen LogP contribution is 2.34. The Morgan fingerprint density at radius 1 is 0.895 bits per heavy atom. The largest absolute Gasteiger partial charge is 0.481 e. The van der Waals surface area contributed by atoms with Crippen LogP contribution in [0.4, 0.5) is 0 Å². The lowest BCUT2D eigenvalue weighted by molar-refractivity contribution is -0.170. The minimum atomic E-state index is -3.52. The number of likely N-dealkylation sites (tertiary alicyclic amines) is 1. The van der Waals surface area contributed by atoms with E-state index in [9.17, 15) is 27.6 Å². The molecule has 13 nitrogen and oxygen atoms in total. The Kier molecular flexibility index (Phi) is 15.6. The van der Waals surface area contributed by atoms with Crippen molar-refractivity contribution in [2.24, 2.45) is 0 Å². The molecule has 1 aliphatic rings. The first-order valence-corrected chi connectivity index (χ1v) is 20.4. The average Bonchev–Trinajstić information content (AvgIpc) is 3.17. The number of nitrogens with one attached hydrogen (secondary N) is 1. The highest BCUT2D eigenvalue weighted by atomic mass is 35.5. The number of aliphatic hydroxyl groups is 1. The summed E-state index contributed by atoms with van der Waals surface area (Å²) in [7, 11) is -0.197. The van der Waals surface area contributed by atoms with Crippen molar-refractivity contribution in [1.29, 1.82) is 0 Å². The van der Waals surface area contributed by atoms with Crippen LogP contribution in [0, 0.1) is 6.92 Å². The zero-order valence-corrected chi connectivity index (χ0v) is 34.1. The quantitative estimate of drug-likeness (QED) is 0.0907. The van der Waals surface area contributed by atoms with E-state index in [1.807, 2.05) is 79.5 Å². The van der Waals surface area contributed by atoms with Crippen LogP contribution in [0.15, 0.2) is 83.8 Å². The number of piperidine rings is 1. The molecular weight excluding hydrogens is 797 g/mol. The van der Waals surface area contributed by atoms with Gasteiger partial charge in [0.1, 0.15) is 0 Å². The lowest BCUT2D eigenvalue weighted by atomic mass is 9.88. The van der Waals surface area contributed by atoms with E-state index in [1.54, 1.807) is 12.1 Å². The van der Waals surface area contributed by atoms with Crippen molar-refractivity contribution in [2.45, 2.75) is 61.4 Å². The number of amides is 1. The molecule has 1 heterocycles. The summed E-state index contributed by atoms with van der Waals surface area (Å²) in [4.78, 5) is 49.0. The Labute approximate surface area is 341 Å². The highest BCUT2D eigenvalue weighted by Gasteiger charge is 2.41. The van der Waals surface area contributed by atoms with Gasteiger partial charge in [-0.3, -0.25) is 14.4 Å². The van der Waals surface area contributed by atoms with Crippen LogP contribution < -0.4 is 4.72 Å². The van der Waals surface area contributed by atoms with Gasteiger partial charge >= 0.3 is 17.9 Å². The van der Waals surface area contributed by atoms with Crippen molar-refractivity contribution in [1.82, 2.24) is 14.5 Å². The predicted octanol–water partition coefficient (Wildman–Crippen LogP) is 6.24. The fourth-order valence-corrected chi connectivity index (χ4v) is 8.42. The van der Waals surface area contributed by atoms with E-state index in [-0.39, 0.29) is 17.7 Å². The van der Waals surface area contributed by atoms with Crippen molar-refractivity contribution < 1.29 is 48.0 Å². The first-order chi connectivity index (χ1) is 26.9. The number of aliphatic carboxylic acids is 3. The standard InChI is InChI=1S/C35H39Cl2N3O3S.C6H8O7/c1-24-12-13-25-8-4-5-10-30(25)34(24)35(41)39(3)23-28(27-14-15-31(36)32(37)22-27)18-21-40-19-16-26(17-20-40)29-9-6-7-11-33(29)44(42,43)38-2;7-3(8)1-6(13,5(11)12)2-4(9)10/h4-15,22,26,28,38H,16-21,23H2,1-3H3;13H,1-2H2,(H,7,8)(H,9,10)(H,11,12)/t28-;/m1./s1. The number of hydrogen-bond donors (Lipinski definition) is 5. The third-order valence-corrected chi connectivity index (χ3v) is 12.4. The summed E-state index contributed by atoms with van der Waals surface area (Å²) >= 11 is 12.7. The summed E-state index contributed by atoms with van der Waals surface area (Å²) in [6, 6.07) is 25.1. The molecule has 5 N–H and O–H groups in total. The molecular formula is C41H47Cl2N3O10S. The molecule has 0 spiro atoms. The number of halogens is 2. The summed E-state index contributed by atoms with van der Waals surface area (Å²) in [5.41, 5.74) is 0.894. The molecule has 1 aliphatic heterocycles. The first-order valence-electron chi connectivity index (χ1n) is 18.2. The SMILES string of the molecule is CNS(=O)(=O)c1ccccc1C1CCN(CC[C@H](CN(C)C(=O)c2c(C)ccc3ccccc23)c2ccc(Cl)c(Cl)c2)CC1.O=C(O)CC(O)(CC(=O)O)C(=O)O. The second-order valence-electron chi connectivity index (χ2n) is 14.2. The number of carbonyl (C=O) groups excluding carboxylic acids is 1. The van der Waals surface area contributed by atoms with Gasteiger partial charge in [-0.25, -0.2) is 17.9 Å². The van der Waals surface area contributed by atoms with Gasteiger partial charge in [-0.05, 0) is 104 Å². The number of carboxylic acid groups (broad SMARTS) is 3. The van der Waals surface area contributed by atoms with Crippen LogP contribution >= 0.6 is 23.2 Å². The van der Waals surface area contributed by atoms with E-state index in [4.69, 9.17) is 43.6 Å². The third-order valence-electron chi connectivity index (χ3n) is 10.2. The number of sulfonamides is 1. The molecule has 306 valence electrons. The van der Waals surface area contributed by atoms with E-state index < -0.39 is 46.4 Å². The number of carbonyl (C=O) groups is 4. The molecule has 0 bridgehead atoms. The molecule has 1 saturated heterocycles. The van der Waals surface area contributed by atoms with Crippen LogP contribution in [0.25, 0.3) is 10.8 Å². The van der Waals surface area contributed by atoms with E-state index in [0.717, 1.165) is 71.9 Å². The molecule has 1 fully saturated rings. The minimum absolute atomic E-state index is 0.000335. The molecule has 1 atom stereocenters. The number of nitrogens with zero attached hydrogens (tertiary/aromatic N) is 2. The van der Waals surface area contributed by atoms with Gasteiger partial charge in [0, 0.05) is 19.5 Å². The zero-order valence-electron chi connectivity index (χ0n) is 31.8. The summed E-state index contributed by atoms with van der Waals surface area (Å²) in [5.74, 6) is -4.78. The van der Waals surface area contributed by atoms with Crippen LogP contribution in [-0.2, 0) is 24.4 Å². The number of aryl methyl sites for hydroxylation is 1. The number of hydrogen-bond acceptors (Lipinski definition) is 8. The fraction of sp³-hybridized carbons (Fsp3) is 0.366. The van der Waals surface area contributed by atoms with E-state index >= 15 is 0 Å². The van der Waals surface area contributed by atoms with Crippen LogP contribution in [0.3, 0.4) is 0 Å². The minimum Gasteiger partial charge on any atom is -0.481 e. The number of fused-ring (bicyclic) bond motifs is 1. The van der Waals surface area contributed by atoms with Crippen LogP contribution in [-0.4, -0.2) is 108 Å². The van der Waals surface area contributed by atoms with Crippen molar-refractivity contribution in [3.63, 3.8) is 0 Å². The normalized spacial score (nSPS) is 14.4. The number of benzene rings is 4. The van der Waals surface area contributed by atoms with Crippen molar-refractivity contribution in [3.05, 3.63) is 111 Å². The summed E-state index contributed by atoms with van der Waals surface area (Å²) in [5, 5.41) is 36.8. The molecule has 0 aliphatic carbocycles. The maximum atomic E-state index is 13.9. The van der Waals surface area contributed by atoms with Gasteiger partial charge in [-0.1, -0.05) is 83.9 Å². The van der Waals surface area contributed by atoms with Crippen molar-refractivity contribution in [3.8, 4) is 0 Å². The summed E-state index contributed by atoms with van der Waals surface area (Å²) < 4.78 is 27.7. The average molecular weight is 845 g/mol. The molecule has 4 aromatic rings. The summed E-state index contributed by atoms with van der Waals surface area (Å²) in [6.07, 6.45) is 0.307. The molecule has 0 unspecified atom stereocenters. The van der Waals surface area contributed by atoms with Crippen LogP contribution in [0.5, 0.6) is 0 Å². The monoisotopic (exact) mass is 843 g/mol. The van der Waals surface area contributed by atoms with Crippen molar-refractivity contribution >= 4 is 67.8 Å². The molecule has 4 aromatic carbocycles. The maximum absolute atomic E-state index is 13.9. The maximum Gasteiger partial charge on any atom is 0.336 e. The molecule has 0 aromatic heterocycles. The Morgan fingerprint density at radius 2 is 1.51 bits per heavy atom. The number of carboxylic acids is 3. The summed E-state index contributed by atoms with van der Waals surface area (Å²) in [6.45, 7) is 5.11. The first kappa shape index (κ1) is 45.1. The molecule has 0 saturated carbocycles. The van der Waals surface area contributed by atoms with Gasteiger partial charge < -0.3 is 30.2 Å². The van der Waals surface area contributed by atoms with Gasteiger partial charge in [-0.2, -0.15) is 0 Å². The van der Waals surface area contributed by atoms with Gasteiger partial charge in [0.25, 0.3) is 5.91 Å². The van der Waals surface area contributed by atoms with E-state index in [0.29, 0.717) is 21.5 Å². The number of rotatable bonds is 15. The van der Waals surface area contributed by atoms with E-state index in [2.05, 4.69) is 15.7 Å².